The normalized spacial score (nSPS) is 10.7. The van der Waals surface area contributed by atoms with E-state index in [4.69, 9.17) is 4.74 Å². The van der Waals surface area contributed by atoms with Gasteiger partial charge in [0.15, 0.2) is 0 Å². The first-order chi connectivity index (χ1) is 10.3. The maximum Gasteiger partial charge on any atom is 0.330 e. The third-order valence-electron chi connectivity index (χ3n) is 3.19. The van der Waals surface area contributed by atoms with Gasteiger partial charge in [-0.2, -0.15) is 0 Å². The minimum absolute atomic E-state index is 0.299. The van der Waals surface area contributed by atoms with Crippen LogP contribution in [0, 0.1) is 0 Å². The number of rotatable bonds is 6. The van der Waals surface area contributed by atoms with E-state index in [0.29, 0.717) is 6.61 Å². The van der Waals surface area contributed by atoms with E-state index in [9.17, 15) is 4.79 Å². The molecule has 0 radical (unpaired) electrons. The molecular weight excluding hydrogens is 260 g/mol. The second kappa shape index (κ2) is 8.05. The van der Waals surface area contributed by atoms with Crippen molar-refractivity contribution < 1.29 is 9.53 Å². The quantitative estimate of drug-likeness (QED) is 0.589. The van der Waals surface area contributed by atoms with Gasteiger partial charge in [-0.15, -0.1) is 0 Å². The van der Waals surface area contributed by atoms with Crippen molar-refractivity contribution >= 4 is 12.0 Å². The Morgan fingerprint density at radius 1 is 1.00 bits per heavy atom. The molecule has 0 saturated heterocycles. The molecule has 0 bridgehead atoms. The van der Waals surface area contributed by atoms with Gasteiger partial charge < -0.3 is 4.74 Å². The molecule has 0 aliphatic heterocycles. The van der Waals surface area contributed by atoms with Crippen LogP contribution in [0.3, 0.4) is 0 Å². The average molecular weight is 280 g/mol. The van der Waals surface area contributed by atoms with Crippen LogP contribution in [0.25, 0.3) is 6.08 Å². The predicted octanol–water partition coefficient (Wildman–Crippen LogP) is 4.05. The Morgan fingerprint density at radius 3 is 2.48 bits per heavy atom. The van der Waals surface area contributed by atoms with Crippen LogP contribution in [0.2, 0.25) is 0 Å². The zero-order valence-corrected chi connectivity index (χ0v) is 12.3. The van der Waals surface area contributed by atoms with E-state index < -0.39 is 0 Å². The predicted molar refractivity (Wildman–Crippen MR) is 86.0 cm³/mol. The van der Waals surface area contributed by atoms with Gasteiger partial charge in [-0.05, 0) is 42.5 Å². The number of hydrogen-bond donors (Lipinski definition) is 0. The van der Waals surface area contributed by atoms with Crippen molar-refractivity contribution in [3.8, 4) is 0 Å². The van der Waals surface area contributed by atoms with E-state index in [0.717, 1.165) is 18.4 Å². The third-order valence-corrected chi connectivity index (χ3v) is 3.19. The van der Waals surface area contributed by atoms with Crippen molar-refractivity contribution in [2.75, 3.05) is 6.61 Å². The summed E-state index contributed by atoms with van der Waals surface area (Å²) in [5.74, 6) is -0.299. The Balaban J connectivity index is 1.96. The van der Waals surface area contributed by atoms with Crippen LogP contribution in [0.1, 0.15) is 23.6 Å². The van der Waals surface area contributed by atoms with Gasteiger partial charge in [0.2, 0.25) is 0 Å². The lowest BCUT2D eigenvalue weighted by Crippen LogP contribution is -1.98. The summed E-state index contributed by atoms with van der Waals surface area (Å²) in [6.07, 6.45) is 5.28. The van der Waals surface area contributed by atoms with Crippen LogP contribution in [-0.2, 0) is 22.4 Å². The fourth-order valence-electron chi connectivity index (χ4n) is 2.14. The minimum Gasteiger partial charge on any atom is -0.463 e. The highest BCUT2D eigenvalue weighted by molar-refractivity contribution is 5.87. The van der Waals surface area contributed by atoms with Crippen molar-refractivity contribution in [3.63, 3.8) is 0 Å². The zero-order valence-electron chi connectivity index (χ0n) is 12.3. The monoisotopic (exact) mass is 280 g/mol. The molecule has 0 atom stereocenters. The van der Waals surface area contributed by atoms with Crippen molar-refractivity contribution in [3.05, 3.63) is 77.4 Å². The second-order valence-electron chi connectivity index (χ2n) is 4.82. The fraction of sp³-hybridized carbons (Fsp3) is 0.211. The van der Waals surface area contributed by atoms with Crippen LogP contribution in [-0.4, -0.2) is 12.6 Å². The maximum atomic E-state index is 11.3. The molecule has 21 heavy (non-hydrogen) atoms. The van der Waals surface area contributed by atoms with Crippen molar-refractivity contribution in [1.82, 2.24) is 0 Å². The highest BCUT2D eigenvalue weighted by Gasteiger charge is 1.98. The smallest absolute Gasteiger partial charge is 0.330 e. The van der Waals surface area contributed by atoms with Gasteiger partial charge in [0.1, 0.15) is 0 Å². The topological polar surface area (TPSA) is 26.3 Å². The van der Waals surface area contributed by atoms with Crippen molar-refractivity contribution in [2.24, 2.45) is 0 Å². The molecule has 0 fully saturated rings. The van der Waals surface area contributed by atoms with Crippen LogP contribution in [0.4, 0.5) is 0 Å². The van der Waals surface area contributed by atoms with Crippen LogP contribution in [0.15, 0.2) is 60.7 Å². The number of hydrogen-bond acceptors (Lipinski definition) is 2. The molecule has 0 unspecified atom stereocenters. The molecule has 0 aromatic heterocycles. The molecule has 2 aromatic carbocycles. The summed E-state index contributed by atoms with van der Waals surface area (Å²) in [6, 6.07) is 18.7. The summed E-state index contributed by atoms with van der Waals surface area (Å²) < 4.78 is 4.87. The Hall–Kier alpha value is -2.35. The second-order valence-corrected chi connectivity index (χ2v) is 4.82. The zero-order chi connectivity index (χ0) is 14.9. The van der Waals surface area contributed by atoms with E-state index >= 15 is 0 Å². The van der Waals surface area contributed by atoms with Gasteiger partial charge in [0.05, 0.1) is 6.61 Å². The van der Waals surface area contributed by atoms with E-state index in [1.165, 1.54) is 17.2 Å². The lowest BCUT2D eigenvalue weighted by molar-refractivity contribution is -0.137. The number of aryl methyl sites for hydroxylation is 2. The Kier molecular flexibility index (Phi) is 5.77. The first kappa shape index (κ1) is 15.0. The molecule has 108 valence electrons. The first-order valence-corrected chi connectivity index (χ1v) is 7.25. The lowest BCUT2D eigenvalue weighted by Gasteiger charge is -2.03. The molecule has 0 N–H and O–H groups in total. The number of carbonyl (C=O) groups excluding carboxylic acids is 1. The van der Waals surface area contributed by atoms with Gasteiger partial charge in [-0.3, -0.25) is 0 Å². The average Bonchev–Trinajstić information content (AvgIpc) is 2.53. The molecule has 0 heterocycles. The van der Waals surface area contributed by atoms with Crippen LogP contribution in [0.5, 0.6) is 0 Å². The Morgan fingerprint density at radius 2 is 1.71 bits per heavy atom. The molecule has 0 aliphatic rings. The molecule has 2 heteroatoms. The molecule has 2 aromatic rings. The molecule has 2 rings (SSSR count). The number of esters is 1. The fourth-order valence-corrected chi connectivity index (χ4v) is 2.14. The number of ether oxygens (including phenoxy) is 1. The summed E-state index contributed by atoms with van der Waals surface area (Å²) in [6.45, 7) is 2.20. The van der Waals surface area contributed by atoms with E-state index in [2.05, 4.69) is 36.4 Å². The van der Waals surface area contributed by atoms with E-state index in [-0.39, 0.29) is 5.97 Å². The van der Waals surface area contributed by atoms with Gasteiger partial charge in [-0.1, -0.05) is 54.6 Å². The summed E-state index contributed by atoms with van der Waals surface area (Å²) >= 11 is 0. The molecule has 0 spiro atoms. The molecular formula is C19H20O2. The SMILES string of the molecule is CCOC(=O)/C=C/c1cccc(CCc2ccccc2)c1. The van der Waals surface area contributed by atoms with Gasteiger partial charge in [0, 0.05) is 6.08 Å². The Bertz CT molecular complexity index is 600. The molecule has 0 aliphatic carbocycles. The van der Waals surface area contributed by atoms with Crippen molar-refractivity contribution in [2.45, 2.75) is 19.8 Å². The maximum absolute atomic E-state index is 11.3. The summed E-state index contributed by atoms with van der Waals surface area (Å²) in [5, 5.41) is 0. The summed E-state index contributed by atoms with van der Waals surface area (Å²) in [5.41, 5.74) is 3.63. The minimum atomic E-state index is -0.299. The number of benzene rings is 2. The van der Waals surface area contributed by atoms with E-state index in [1.54, 1.807) is 13.0 Å². The van der Waals surface area contributed by atoms with Crippen molar-refractivity contribution in [1.29, 1.82) is 0 Å². The van der Waals surface area contributed by atoms with E-state index in [1.807, 2.05) is 18.2 Å². The van der Waals surface area contributed by atoms with Crippen LogP contribution < -0.4 is 0 Å². The molecule has 0 saturated carbocycles. The highest BCUT2D eigenvalue weighted by Crippen LogP contribution is 2.11. The van der Waals surface area contributed by atoms with Gasteiger partial charge in [-0.25, -0.2) is 4.79 Å². The molecule has 0 amide bonds. The van der Waals surface area contributed by atoms with Crippen LogP contribution >= 0.6 is 0 Å². The largest absolute Gasteiger partial charge is 0.463 e. The van der Waals surface area contributed by atoms with Gasteiger partial charge in [0.25, 0.3) is 0 Å². The summed E-state index contributed by atoms with van der Waals surface area (Å²) in [7, 11) is 0. The highest BCUT2D eigenvalue weighted by atomic mass is 16.5. The Labute approximate surface area is 126 Å². The lowest BCUT2D eigenvalue weighted by atomic mass is 10.0. The molecule has 2 nitrogen and oxygen atoms in total. The standard InChI is InChI=1S/C19H20O2/c1-2-21-19(20)14-13-18-10-6-9-17(15-18)12-11-16-7-4-3-5-8-16/h3-10,13-15H,2,11-12H2,1H3/b14-13+. The first-order valence-electron chi connectivity index (χ1n) is 7.25. The summed E-state index contributed by atoms with van der Waals surface area (Å²) in [4.78, 5) is 11.3. The third kappa shape index (κ3) is 5.27. The number of carbonyl (C=O) groups is 1. The van der Waals surface area contributed by atoms with Gasteiger partial charge >= 0.3 is 5.97 Å².